The van der Waals surface area contributed by atoms with E-state index < -0.39 is 0 Å². The van der Waals surface area contributed by atoms with Crippen LogP contribution in [0.5, 0.6) is 0 Å². The first kappa shape index (κ1) is 21.2. The summed E-state index contributed by atoms with van der Waals surface area (Å²) in [5.41, 5.74) is 9.43. The Labute approximate surface area is 159 Å². The third-order valence-corrected chi connectivity index (χ3v) is 6.15. The molecule has 3 rings (SSSR count). The molecule has 3 heteroatoms. The first-order valence-corrected chi connectivity index (χ1v) is 9.33. The Kier molecular flexibility index (Phi) is 6.04. The van der Waals surface area contributed by atoms with Gasteiger partial charge in [-0.3, -0.25) is 0 Å². The van der Waals surface area contributed by atoms with Crippen molar-refractivity contribution in [3.05, 3.63) is 52.6 Å². The molecule has 127 valence electrons. The van der Waals surface area contributed by atoms with Gasteiger partial charge in [0.1, 0.15) is 0 Å². The molecule has 0 unspecified atom stereocenters. The maximum absolute atomic E-state index is 2.43. The van der Waals surface area contributed by atoms with E-state index in [1.54, 1.807) is 33.6 Å². The third-order valence-electron chi connectivity index (χ3n) is 4.75. The van der Waals surface area contributed by atoms with E-state index in [0.29, 0.717) is 0 Å². The van der Waals surface area contributed by atoms with Gasteiger partial charge in [0, 0.05) is 0 Å². The van der Waals surface area contributed by atoms with Crippen LogP contribution in [0.1, 0.15) is 63.8 Å². The molecule has 0 aromatic heterocycles. The zero-order chi connectivity index (χ0) is 16.3. The summed E-state index contributed by atoms with van der Waals surface area (Å²) in [7, 11) is 0. The standard InChI is InChI=1S/C21H25.2FH.Zr/c1-20(2,3)16-7-9-18-14(12-16)11-15-13-17(21(4,5)6)8-10-19(15)18;;;/h7-10,12H,11H2,1-6H3;2*1H;/q;;;+2/p-2. The third kappa shape index (κ3) is 3.57. The molecule has 2 aromatic carbocycles. The summed E-state index contributed by atoms with van der Waals surface area (Å²) >= 11 is 1.54. The summed E-state index contributed by atoms with van der Waals surface area (Å²) in [4.78, 5) is 0. The van der Waals surface area contributed by atoms with E-state index in [9.17, 15) is 0 Å². The smallest absolute Gasteiger partial charge is 1.00 e. The van der Waals surface area contributed by atoms with Crippen LogP contribution in [-0.2, 0) is 42.0 Å². The Morgan fingerprint density at radius 2 is 1.38 bits per heavy atom. The van der Waals surface area contributed by atoms with Crippen molar-refractivity contribution in [2.24, 2.45) is 0 Å². The SMILES string of the molecule is CC(C)(C)c1ccc2c(c1)Cc1c-2ccc(C(C)(C)C)[c]1[Zr+2].[F-].[F-]. The molecule has 0 saturated carbocycles. The summed E-state index contributed by atoms with van der Waals surface area (Å²) in [5, 5.41) is 0. The second-order valence-electron chi connectivity index (χ2n) is 8.56. The largest absolute Gasteiger partial charge is 1.00 e. The zero-order valence-corrected chi connectivity index (χ0v) is 17.8. The molecule has 0 spiro atoms. The van der Waals surface area contributed by atoms with Gasteiger partial charge >= 0.3 is 150 Å². The molecule has 0 fully saturated rings. The minimum atomic E-state index is 0. The summed E-state index contributed by atoms with van der Waals surface area (Å²) < 4.78 is 1.57. The number of benzene rings is 2. The molecule has 1 aliphatic rings. The van der Waals surface area contributed by atoms with Gasteiger partial charge in [0.25, 0.3) is 0 Å². The Hall–Kier alpha value is -0.817. The van der Waals surface area contributed by atoms with Crippen molar-refractivity contribution in [3.8, 4) is 11.1 Å². The predicted octanol–water partition coefficient (Wildman–Crippen LogP) is -0.967. The Bertz CT molecular complexity index is 750. The summed E-state index contributed by atoms with van der Waals surface area (Å²) in [6.07, 6.45) is 1.11. The molecule has 0 aliphatic heterocycles. The quantitative estimate of drug-likeness (QED) is 0.451. The summed E-state index contributed by atoms with van der Waals surface area (Å²) in [5.74, 6) is 0. The molecule has 24 heavy (non-hydrogen) atoms. The number of fused-ring (bicyclic) bond motifs is 3. The fraction of sp³-hybridized carbons (Fsp3) is 0.429. The topological polar surface area (TPSA) is 0 Å². The van der Waals surface area contributed by atoms with Crippen molar-refractivity contribution in [1.29, 1.82) is 0 Å². The van der Waals surface area contributed by atoms with E-state index >= 15 is 0 Å². The van der Waals surface area contributed by atoms with Gasteiger partial charge in [-0.15, -0.1) is 0 Å². The molecular formula is C21H25F2Zr. The van der Waals surface area contributed by atoms with Gasteiger partial charge < -0.3 is 9.41 Å². The molecule has 1 aliphatic carbocycles. The zero-order valence-electron chi connectivity index (χ0n) is 15.3. The van der Waals surface area contributed by atoms with Crippen LogP contribution in [0, 0.1) is 0 Å². The number of rotatable bonds is 0. The number of halogens is 2. The monoisotopic (exact) mass is 405 g/mol. The van der Waals surface area contributed by atoms with E-state index in [0.717, 1.165) is 6.42 Å². The molecule has 0 radical (unpaired) electrons. The second kappa shape index (κ2) is 6.83. The van der Waals surface area contributed by atoms with Crippen LogP contribution in [0.2, 0.25) is 0 Å². The fourth-order valence-corrected chi connectivity index (χ4v) is 5.04. The van der Waals surface area contributed by atoms with Gasteiger partial charge in [-0.1, -0.05) is 0 Å². The molecule has 2 aromatic rings. The van der Waals surface area contributed by atoms with Crippen molar-refractivity contribution in [3.63, 3.8) is 0 Å². The van der Waals surface area contributed by atoms with E-state index in [-0.39, 0.29) is 20.2 Å². The molecule has 0 N–H and O–H groups in total. The Morgan fingerprint density at radius 1 is 0.792 bits per heavy atom. The maximum atomic E-state index is 2.43. The molecule has 0 bridgehead atoms. The van der Waals surface area contributed by atoms with Gasteiger partial charge in [0.15, 0.2) is 0 Å². The van der Waals surface area contributed by atoms with Crippen molar-refractivity contribution < 1.29 is 34.1 Å². The Balaban J connectivity index is 0.00000144. The Morgan fingerprint density at radius 3 is 1.92 bits per heavy atom. The van der Waals surface area contributed by atoms with Crippen molar-refractivity contribution in [1.82, 2.24) is 0 Å². The minimum Gasteiger partial charge on any atom is -1.00 e. The van der Waals surface area contributed by atoms with E-state index in [1.807, 2.05) is 0 Å². The average molecular weight is 407 g/mol. The molecular weight excluding hydrogens is 381 g/mol. The first-order valence-electron chi connectivity index (χ1n) is 8.11. The fourth-order valence-electron chi connectivity index (χ4n) is 3.37. The van der Waals surface area contributed by atoms with Crippen molar-refractivity contribution in [2.75, 3.05) is 0 Å². The van der Waals surface area contributed by atoms with Gasteiger partial charge in [-0.05, 0) is 0 Å². The first-order chi connectivity index (χ1) is 10.1. The van der Waals surface area contributed by atoms with Crippen LogP contribution in [0.15, 0.2) is 30.3 Å². The van der Waals surface area contributed by atoms with Crippen LogP contribution in [0.4, 0.5) is 0 Å². The van der Waals surface area contributed by atoms with E-state index in [1.165, 1.54) is 27.8 Å². The average Bonchev–Trinajstić information content (AvgIpc) is 2.75. The van der Waals surface area contributed by atoms with Gasteiger partial charge in [0.2, 0.25) is 0 Å². The van der Waals surface area contributed by atoms with Gasteiger partial charge in [-0.2, -0.15) is 0 Å². The van der Waals surface area contributed by atoms with Crippen LogP contribution in [0.25, 0.3) is 11.1 Å². The van der Waals surface area contributed by atoms with E-state index in [4.69, 9.17) is 0 Å². The molecule has 0 heterocycles. The molecule has 0 saturated heterocycles. The maximum Gasteiger partial charge on any atom is -1.00 e. The van der Waals surface area contributed by atoms with Crippen LogP contribution in [-0.4, -0.2) is 0 Å². The van der Waals surface area contributed by atoms with Crippen molar-refractivity contribution in [2.45, 2.75) is 58.8 Å². The molecule has 0 amide bonds. The molecule has 0 atom stereocenters. The minimum absolute atomic E-state index is 0. The summed E-state index contributed by atoms with van der Waals surface area (Å²) in [6.45, 7) is 13.9. The van der Waals surface area contributed by atoms with Crippen molar-refractivity contribution >= 4 is 3.27 Å². The normalized spacial score (nSPS) is 12.8. The van der Waals surface area contributed by atoms with Crippen LogP contribution >= 0.6 is 0 Å². The predicted molar refractivity (Wildman–Crippen MR) is 91.7 cm³/mol. The van der Waals surface area contributed by atoms with Gasteiger partial charge in [0.05, 0.1) is 0 Å². The van der Waals surface area contributed by atoms with Crippen LogP contribution < -0.4 is 12.7 Å². The second-order valence-corrected chi connectivity index (χ2v) is 9.79. The van der Waals surface area contributed by atoms with Gasteiger partial charge in [-0.25, -0.2) is 0 Å². The van der Waals surface area contributed by atoms with E-state index in [2.05, 4.69) is 71.9 Å². The van der Waals surface area contributed by atoms with Crippen LogP contribution in [0.3, 0.4) is 0 Å². The number of hydrogen-bond donors (Lipinski definition) is 0. The number of hydrogen-bond acceptors (Lipinski definition) is 0. The summed E-state index contributed by atoms with van der Waals surface area (Å²) in [6, 6.07) is 11.8. The molecule has 0 nitrogen and oxygen atoms in total.